The molecule has 0 amide bonds. The maximum Gasteiger partial charge on any atom is 0.0640 e. The van der Waals surface area contributed by atoms with E-state index in [1.165, 1.54) is 16.7 Å². The molecule has 3 rings (SSSR count). The van der Waals surface area contributed by atoms with E-state index in [-0.39, 0.29) is 6.04 Å². The third-order valence-electron chi connectivity index (χ3n) is 4.05. The fourth-order valence-corrected chi connectivity index (χ4v) is 3.08. The number of aromatic nitrogens is 1. The molecular formula is C17H20ClN3. The smallest absolute Gasteiger partial charge is 0.0640 e. The summed E-state index contributed by atoms with van der Waals surface area (Å²) < 4.78 is 0. The standard InChI is InChI=1S/C17H20ClN3/c1-12(13-4-8-19-9-5-13)21-17-15-7-11-20-10-6-14(15)2-3-16(17)18/h2-5,8-9,12,20-21H,6-7,10-11H2,1H3. The summed E-state index contributed by atoms with van der Waals surface area (Å²) in [5.74, 6) is 0. The number of rotatable bonds is 3. The summed E-state index contributed by atoms with van der Waals surface area (Å²) in [7, 11) is 0. The molecule has 1 aliphatic heterocycles. The molecule has 1 unspecified atom stereocenters. The Bertz CT molecular complexity index is 613. The van der Waals surface area contributed by atoms with Crippen LogP contribution in [0.1, 0.15) is 29.7 Å². The zero-order valence-corrected chi connectivity index (χ0v) is 13.0. The largest absolute Gasteiger partial charge is 0.377 e. The lowest BCUT2D eigenvalue weighted by molar-refractivity contribution is 0.711. The van der Waals surface area contributed by atoms with Crippen molar-refractivity contribution >= 4 is 17.3 Å². The van der Waals surface area contributed by atoms with Crippen LogP contribution in [0, 0.1) is 0 Å². The van der Waals surface area contributed by atoms with Crippen molar-refractivity contribution in [3.05, 3.63) is 58.4 Å². The number of halogens is 1. The lowest BCUT2D eigenvalue weighted by Crippen LogP contribution is -2.16. The first kappa shape index (κ1) is 14.4. The maximum atomic E-state index is 6.45. The van der Waals surface area contributed by atoms with E-state index < -0.39 is 0 Å². The molecule has 4 heteroatoms. The molecule has 2 heterocycles. The van der Waals surface area contributed by atoms with Crippen molar-refractivity contribution in [1.82, 2.24) is 10.3 Å². The predicted octanol–water partition coefficient (Wildman–Crippen LogP) is 3.60. The summed E-state index contributed by atoms with van der Waals surface area (Å²) in [5.41, 5.74) is 5.05. The number of benzene rings is 1. The Morgan fingerprint density at radius 2 is 1.90 bits per heavy atom. The van der Waals surface area contributed by atoms with Crippen molar-refractivity contribution in [2.75, 3.05) is 18.4 Å². The highest BCUT2D eigenvalue weighted by atomic mass is 35.5. The van der Waals surface area contributed by atoms with Crippen LogP contribution in [-0.4, -0.2) is 18.1 Å². The predicted molar refractivity (Wildman–Crippen MR) is 88.0 cm³/mol. The molecule has 1 aromatic heterocycles. The van der Waals surface area contributed by atoms with Crippen LogP contribution in [0.5, 0.6) is 0 Å². The van der Waals surface area contributed by atoms with E-state index in [1.54, 1.807) is 0 Å². The van der Waals surface area contributed by atoms with Gasteiger partial charge in [0.2, 0.25) is 0 Å². The van der Waals surface area contributed by atoms with Gasteiger partial charge in [-0.05, 0) is 67.7 Å². The second-order valence-corrected chi connectivity index (χ2v) is 5.86. The lowest BCUT2D eigenvalue weighted by Gasteiger charge is -2.21. The SMILES string of the molecule is CC(Nc1c(Cl)ccc2c1CCNCC2)c1ccncc1. The van der Waals surface area contributed by atoms with E-state index >= 15 is 0 Å². The first-order chi connectivity index (χ1) is 10.3. The summed E-state index contributed by atoms with van der Waals surface area (Å²) in [6.07, 6.45) is 5.72. The first-order valence-corrected chi connectivity index (χ1v) is 7.81. The molecule has 0 saturated heterocycles. The van der Waals surface area contributed by atoms with Gasteiger partial charge < -0.3 is 10.6 Å². The molecule has 110 valence electrons. The Morgan fingerprint density at radius 1 is 1.14 bits per heavy atom. The number of nitrogens with one attached hydrogen (secondary N) is 2. The Morgan fingerprint density at radius 3 is 2.71 bits per heavy atom. The molecule has 1 aliphatic rings. The zero-order chi connectivity index (χ0) is 14.7. The zero-order valence-electron chi connectivity index (χ0n) is 12.2. The Balaban J connectivity index is 1.91. The second kappa shape index (κ2) is 6.46. The molecule has 21 heavy (non-hydrogen) atoms. The molecule has 0 fully saturated rings. The van der Waals surface area contributed by atoms with Gasteiger partial charge in [-0.15, -0.1) is 0 Å². The summed E-state index contributed by atoms with van der Waals surface area (Å²) in [6, 6.07) is 8.44. The van der Waals surface area contributed by atoms with Crippen LogP contribution in [0.2, 0.25) is 5.02 Å². The van der Waals surface area contributed by atoms with Crippen molar-refractivity contribution in [1.29, 1.82) is 0 Å². The molecule has 1 aromatic carbocycles. The minimum Gasteiger partial charge on any atom is -0.377 e. The molecule has 3 nitrogen and oxygen atoms in total. The Kier molecular flexibility index (Phi) is 4.42. The number of pyridine rings is 1. The minimum absolute atomic E-state index is 0.202. The quantitative estimate of drug-likeness (QED) is 0.909. The molecule has 0 saturated carbocycles. The van der Waals surface area contributed by atoms with Crippen molar-refractivity contribution < 1.29 is 0 Å². The Labute approximate surface area is 130 Å². The molecular weight excluding hydrogens is 282 g/mol. The average molecular weight is 302 g/mol. The van der Waals surface area contributed by atoms with Crippen LogP contribution in [0.4, 0.5) is 5.69 Å². The molecule has 2 aromatic rings. The fraction of sp³-hybridized carbons (Fsp3) is 0.353. The topological polar surface area (TPSA) is 37.0 Å². The van der Waals surface area contributed by atoms with Crippen molar-refractivity contribution in [2.45, 2.75) is 25.8 Å². The van der Waals surface area contributed by atoms with Crippen LogP contribution in [0.25, 0.3) is 0 Å². The summed E-state index contributed by atoms with van der Waals surface area (Å²) in [5, 5.41) is 7.84. The highest BCUT2D eigenvalue weighted by Crippen LogP contribution is 2.33. The van der Waals surface area contributed by atoms with E-state index in [0.717, 1.165) is 36.6 Å². The summed E-state index contributed by atoms with van der Waals surface area (Å²) >= 11 is 6.45. The van der Waals surface area contributed by atoms with Gasteiger partial charge in [0.05, 0.1) is 10.7 Å². The van der Waals surface area contributed by atoms with Gasteiger partial charge in [-0.1, -0.05) is 17.7 Å². The van der Waals surface area contributed by atoms with E-state index in [0.29, 0.717) is 0 Å². The molecule has 1 atom stereocenters. The van der Waals surface area contributed by atoms with Crippen molar-refractivity contribution in [2.24, 2.45) is 0 Å². The van der Waals surface area contributed by atoms with Crippen LogP contribution < -0.4 is 10.6 Å². The number of fused-ring (bicyclic) bond motifs is 1. The van der Waals surface area contributed by atoms with E-state index in [4.69, 9.17) is 11.6 Å². The number of hydrogen-bond acceptors (Lipinski definition) is 3. The van der Waals surface area contributed by atoms with Gasteiger partial charge in [0, 0.05) is 18.4 Å². The van der Waals surface area contributed by atoms with Crippen LogP contribution in [0.3, 0.4) is 0 Å². The number of nitrogens with zero attached hydrogens (tertiary/aromatic N) is 1. The Hall–Kier alpha value is -1.58. The lowest BCUT2D eigenvalue weighted by atomic mass is 9.99. The number of hydrogen-bond donors (Lipinski definition) is 2. The molecule has 0 spiro atoms. The van der Waals surface area contributed by atoms with Crippen LogP contribution >= 0.6 is 11.6 Å². The maximum absolute atomic E-state index is 6.45. The molecule has 0 radical (unpaired) electrons. The van der Waals surface area contributed by atoms with Gasteiger partial charge in [-0.3, -0.25) is 4.98 Å². The van der Waals surface area contributed by atoms with Gasteiger partial charge in [-0.25, -0.2) is 0 Å². The van der Waals surface area contributed by atoms with Gasteiger partial charge >= 0.3 is 0 Å². The molecule has 0 aliphatic carbocycles. The van der Waals surface area contributed by atoms with E-state index in [9.17, 15) is 0 Å². The van der Waals surface area contributed by atoms with Crippen LogP contribution in [-0.2, 0) is 12.8 Å². The monoisotopic (exact) mass is 301 g/mol. The highest BCUT2D eigenvalue weighted by Gasteiger charge is 2.16. The fourth-order valence-electron chi connectivity index (χ4n) is 2.85. The normalized spacial score (nSPS) is 15.9. The van der Waals surface area contributed by atoms with Gasteiger partial charge in [0.1, 0.15) is 0 Å². The van der Waals surface area contributed by atoms with Crippen molar-refractivity contribution in [3.8, 4) is 0 Å². The molecule has 2 N–H and O–H groups in total. The first-order valence-electron chi connectivity index (χ1n) is 7.43. The minimum atomic E-state index is 0.202. The highest BCUT2D eigenvalue weighted by molar-refractivity contribution is 6.33. The second-order valence-electron chi connectivity index (χ2n) is 5.46. The van der Waals surface area contributed by atoms with Crippen molar-refractivity contribution in [3.63, 3.8) is 0 Å². The van der Waals surface area contributed by atoms with E-state index in [1.807, 2.05) is 30.6 Å². The van der Waals surface area contributed by atoms with Gasteiger partial charge in [-0.2, -0.15) is 0 Å². The summed E-state index contributed by atoms with van der Waals surface area (Å²) in [6.45, 7) is 4.19. The van der Waals surface area contributed by atoms with Crippen LogP contribution in [0.15, 0.2) is 36.7 Å². The third kappa shape index (κ3) is 3.20. The third-order valence-corrected chi connectivity index (χ3v) is 4.36. The van der Waals surface area contributed by atoms with Gasteiger partial charge in [0.25, 0.3) is 0 Å². The van der Waals surface area contributed by atoms with Gasteiger partial charge in [0.15, 0.2) is 0 Å². The molecule has 0 bridgehead atoms. The van der Waals surface area contributed by atoms with E-state index in [2.05, 4.69) is 28.6 Å². The average Bonchev–Trinajstić information content (AvgIpc) is 2.76. The summed E-state index contributed by atoms with van der Waals surface area (Å²) in [4.78, 5) is 4.07. The number of anilines is 1.